The zero-order chi connectivity index (χ0) is 22.1. The second-order valence-corrected chi connectivity index (χ2v) is 7.22. The average Bonchev–Trinajstić information content (AvgIpc) is 2.69. The van der Waals surface area contributed by atoms with Crippen LogP contribution in [0.25, 0.3) is 0 Å². The van der Waals surface area contributed by atoms with Crippen LogP contribution in [-0.4, -0.2) is 80.8 Å². The summed E-state index contributed by atoms with van der Waals surface area (Å²) in [5.74, 6) is 0.866. The fraction of sp³-hybridized carbons (Fsp3) is 0.600. The maximum Gasteiger partial charge on any atom is 0.422 e. The van der Waals surface area contributed by atoms with Crippen LogP contribution in [0.2, 0.25) is 0 Å². The van der Waals surface area contributed by atoms with Crippen molar-refractivity contribution in [2.75, 3.05) is 52.9 Å². The SMILES string of the molecule is CN=C(NCCN1CCN(C(C)=O)CC1)NCc1ccc(C)cc1OCC(F)(F)F.I. The molecule has 1 amide bonds. The van der Waals surface area contributed by atoms with Crippen molar-refractivity contribution in [3.05, 3.63) is 29.3 Å². The number of nitrogens with zero attached hydrogens (tertiary/aromatic N) is 3. The van der Waals surface area contributed by atoms with Gasteiger partial charge in [0.2, 0.25) is 5.91 Å². The molecule has 1 aromatic rings. The van der Waals surface area contributed by atoms with E-state index in [0.29, 0.717) is 18.1 Å². The number of hydrogen-bond donors (Lipinski definition) is 2. The Labute approximate surface area is 198 Å². The Kier molecular flexibility index (Phi) is 11.4. The summed E-state index contributed by atoms with van der Waals surface area (Å²) in [6.07, 6.45) is -4.39. The predicted molar refractivity (Wildman–Crippen MR) is 125 cm³/mol. The molecule has 1 fully saturated rings. The summed E-state index contributed by atoms with van der Waals surface area (Å²) >= 11 is 0. The molecule has 11 heteroatoms. The summed E-state index contributed by atoms with van der Waals surface area (Å²) in [7, 11) is 1.64. The molecule has 1 heterocycles. The molecule has 1 aliphatic heterocycles. The van der Waals surface area contributed by atoms with Crippen LogP contribution in [0.4, 0.5) is 13.2 Å². The van der Waals surface area contributed by atoms with Gasteiger partial charge in [-0.25, -0.2) is 0 Å². The van der Waals surface area contributed by atoms with Crippen LogP contribution in [0.3, 0.4) is 0 Å². The van der Waals surface area contributed by atoms with Crippen molar-refractivity contribution in [3.8, 4) is 5.75 Å². The van der Waals surface area contributed by atoms with Crippen molar-refractivity contribution in [2.24, 2.45) is 4.99 Å². The number of guanidine groups is 1. The molecule has 2 rings (SSSR count). The highest BCUT2D eigenvalue weighted by Crippen LogP contribution is 2.23. The minimum Gasteiger partial charge on any atom is -0.484 e. The quantitative estimate of drug-likeness (QED) is 0.306. The van der Waals surface area contributed by atoms with E-state index < -0.39 is 12.8 Å². The zero-order valence-corrected chi connectivity index (χ0v) is 20.4. The summed E-state index contributed by atoms with van der Waals surface area (Å²) in [5.41, 5.74) is 1.44. The van der Waals surface area contributed by atoms with E-state index in [0.717, 1.165) is 38.3 Å². The standard InChI is InChI=1S/C20H30F3N5O2.HI/c1-15-4-5-17(18(12-15)30-14-20(21,22)23)13-26-19(24-3)25-6-7-27-8-10-28(11-9-27)16(2)29;/h4-5,12H,6-11,13-14H2,1-3H3,(H2,24,25,26);1H. The summed E-state index contributed by atoms with van der Waals surface area (Å²) in [6, 6.07) is 5.17. The molecule has 1 saturated heterocycles. The van der Waals surface area contributed by atoms with Gasteiger partial charge in [-0.1, -0.05) is 12.1 Å². The van der Waals surface area contributed by atoms with E-state index in [2.05, 4.69) is 20.5 Å². The molecule has 7 nitrogen and oxygen atoms in total. The number of ether oxygens (including phenoxy) is 1. The first-order valence-corrected chi connectivity index (χ1v) is 9.89. The molecule has 0 radical (unpaired) electrons. The molecule has 0 atom stereocenters. The number of piperazine rings is 1. The number of aliphatic imine (C=N–C) groups is 1. The minimum absolute atomic E-state index is 0. The number of nitrogens with one attached hydrogen (secondary N) is 2. The monoisotopic (exact) mass is 557 g/mol. The lowest BCUT2D eigenvalue weighted by Gasteiger charge is -2.34. The van der Waals surface area contributed by atoms with Gasteiger partial charge in [-0.2, -0.15) is 13.2 Å². The van der Waals surface area contributed by atoms with Crippen LogP contribution in [0.5, 0.6) is 5.75 Å². The topological polar surface area (TPSA) is 69.2 Å². The summed E-state index contributed by atoms with van der Waals surface area (Å²) < 4.78 is 42.5. The van der Waals surface area contributed by atoms with Crippen LogP contribution >= 0.6 is 24.0 Å². The number of halogens is 4. The van der Waals surface area contributed by atoms with Crippen molar-refractivity contribution in [1.82, 2.24) is 20.4 Å². The highest BCUT2D eigenvalue weighted by atomic mass is 127. The van der Waals surface area contributed by atoms with Gasteiger partial charge in [0, 0.05) is 65.3 Å². The number of rotatable bonds is 7. The molecule has 0 aliphatic carbocycles. The van der Waals surface area contributed by atoms with E-state index in [4.69, 9.17) is 4.74 Å². The van der Waals surface area contributed by atoms with Crippen molar-refractivity contribution in [1.29, 1.82) is 0 Å². The third kappa shape index (κ3) is 9.93. The first-order valence-electron chi connectivity index (χ1n) is 9.89. The Bertz CT molecular complexity index is 738. The van der Waals surface area contributed by atoms with Crippen LogP contribution < -0.4 is 15.4 Å². The molecule has 31 heavy (non-hydrogen) atoms. The van der Waals surface area contributed by atoms with Crippen molar-refractivity contribution >= 4 is 35.8 Å². The zero-order valence-electron chi connectivity index (χ0n) is 18.1. The largest absolute Gasteiger partial charge is 0.484 e. The van der Waals surface area contributed by atoms with Gasteiger partial charge in [-0.15, -0.1) is 24.0 Å². The van der Waals surface area contributed by atoms with E-state index in [1.54, 1.807) is 33.0 Å². The lowest BCUT2D eigenvalue weighted by molar-refractivity contribution is -0.153. The van der Waals surface area contributed by atoms with Crippen LogP contribution in [0, 0.1) is 6.92 Å². The molecular formula is C20H31F3IN5O2. The third-order valence-electron chi connectivity index (χ3n) is 4.82. The van der Waals surface area contributed by atoms with Crippen molar-refractivity contribution < 1.29 is 22.7 Å². The molecule has 2 N–H and O–H groups in total. The number of amides is 1. The molecule has 0 bridgehead atoms. The minimum atomic E-state index is -4.39. The predicted octanol–water partition coefficient (Wildman–Crippen LogP) is 2.38. The summed E-state index contributed by atoms with van der Waals surface area (Å²) in [6.45, 7) is 6.93. The molecule has 1 aliphatic rings. The maximum absolute atomic E-state index is 12.5. The Balaban J connectivity index is 0.00000480. The first kappa shape index (κ1) is 27.3. The fourth-order valence-corrected chi connectivity index (χ4v) is 3.12. The van der Waals surface area contributed by atoms with Crippen LogP contribution in [0.15, 0.2) is 23.2 Å². The van der Waals surface area contributed by atoms with E-state index in [9.17, 15) is 18.0 Å². The summed E-state index contributed by atoms with van der Waals surface area (Å²) in [5, 5.41) is 6.31. The van der Waals surface area contributed by atoms with Gasteiger partial charge in [0.1, 0.15) is 5.75 Å². The highest BCUT2D eigenvalue weighted by molar-refractivity contribution is 14.0. The lowest BCUT2D eigenvalue weighted by atomic mass is 10.1. The van der Waals surface area contributed by atoms with Gasteiger partial charge < -0.3 is 20.3 Å². The number of carbonyl (C=O) groups is 1. The van der Waals surface area contributed by atoms with E-state index in [-0.39, 0.29) is 42.2 Å². The van der Waals surface area contributed by atoms with Crippen molar-refractivity contribution in [2.45, 2.75) is 26.6 Å². The number of benzene rings is 1. The normalized spacial score (nSPS) is 15.3. The average molecular weight is 557 g/mol. The lowest BCUT2D eigenvalue weighted by Crippen LogP contribution is -2.50. The summed E-state index contributed by atoms with van der Waals surface area (Å²) in [4.78, 5) is 19.6. The number of carbonyl (C=O) groups excluding carboxylic acids is 1. The van der Waals surface area contributed by atoms with Gasteiger partial charge in [0.25, 0.3) is 0 Å². The smallest absolute Gasteiger partial charge is 0.422 e. The van der Waals surface area contributed by atoms with Gasteiger partial charge in [-0.3, -0.25) is 14.7 Å². The Morgan fingerprint density at radius 3 is 2.45 bits per heavy atom. The van der Waals surface area contributed by atoms with Crippen LogP contribution in [0.1, 0.15) is 18.1 Å². The molecular weight excluding hydrogens is 526 g/mol. The van der Waals surface area contributed by atoms with Gasteiger partial charge in [0.05, 0.1) is 0 Å². The maximum atomic E-state index is 12.5. The second-order valence-electron chi connectivity index (χ2n) is 7.22. The van der Waals surface area contributed by atoms with E-state index >= 15 is 0 Å². The molecule has 1 aromatic carbocycles. The highest BCUT2D eigenvalue weighted by Gasteiger charge is 2.28. The molecule has 0 saturated carbocycles. The molecule has 0 unspecified atom stereocenters. The Morgan fingerprint density at radius 1 is 1.19 bits per heavy atom. The van der Waals surface area contributed by atoms with Gasteiger partial charge in [-0.05, 0) is 18.6 Å². The van der Waals surface area contributed by atoms with Crippen molar-refractivity contribution in [3.63, 3.8) is 0 Å². The number of alkyl halides is 3. The second kappa shape index (κ2) is 12.9. The number of aryl methyl sites for hydroxylation is 1. The Hall–Kier alpha value is -1.76. The Morgan fingerprint density at radius 2 is 1.87 bits per heavy atom. The third-order valence-corrected chi connectivity index (χ3v) is 4.82. The molecule has 0 spiro atoms. The van der Waals surface area contributed by atoms with Gasteiger partial charge >= 0.3 is 6.18 Å². The van der Waals surface area contributed by atoms with Crippen LogP contribution in [-0.2, 0) is 11.3 Å². The number of hydrogen-bond acceptors (Lipinski definition) is 4. The molecule has 0 aromatic heterocycles. The van der Waals surface area contributed by atoms with E-state index in [1.165, 1.54) is 0 Å². The molecule has 176 valence electrons. The van der Waals surface area contributed by atoms with E-state index in [1.807, 2.05) is 11.0 Å². The van der Waals surface area contributed by atoms with Gasteiger partial charge in [0.15, 0.2) is 12.6 Å². The fourth-order valence-electron chi connectivity index (χ4n) is 3.12. The first-order chi connectivity index (χ1) is 14.2.